The fraction of sp³-hybridized carbons (Fsp3) is 0.278. The number of Topliss-reactive ketones (excluding diaryl/α,β-unsaturated/α-hetero) is 1. The van der Waals surface area contributed by atoms with Gasteiger partial charge in [-0.2, -0.15) is 0 Å². The Kier molecular flexibility index (Phi) is 6.31. The molecule has 2 rings (SSSR count). The average molecular weight is 329 g/mol. The molecule has 1 N–H and O–H groups in total. The van der Waals surface area contributed by atoms with Gasteiger partial charge in [-0.15, -0.1) is 0 Å². The van der Waals surface area contributed by atoms with Crippen LogP contribution in [0.2, 0.25) is 0 Å². The van der Waals surface area contributed by atoms with E-state index >= 15 is 0 Å². The van der Waals surface area contributed by atoms with Crippen molar-refractivity contribution in [2.24, 2.45) is 0 Å². The van der Waals surface area contributed by atoms with Crippen molar-refractivity contribution in [3.8, 4) is 0 Å². The summed E-state index contributed by atoms with van der Waals surface area (Å²) >= 11 is 0. The van der Waals surface area contributed by atoms with E-state index in [4.69, 9.17) is 9.15 Å². The van der Waals surface area contributed by atoms with Crippen LogP contribution in [0.3, 0.4) is 0 Å². The van der Waals surface area contributed by atoms with Crippen molar-refractivity contribution in [1.29, 1.82) is 0 Å². The van der Waals surface area contributed by atoms with Crippen LogP contribution in [-0.4, -0.2) is 24.3 Å². The summed E-state index contributed by atoms with van der Waals surface area (Å²) in [7, 11) is 0. The highest BCUT2D eigenvalue weighted by Gasteiger charge is 2.11. The van der Waals surface area contributed by atoms with Crippen molar-refractivity contribution in [2.45, 2.75) is 26.3 Å². The number of carbonyl (C=O) groups is 3. The van der Waals surface area contributed by atoms with Gasteiger partial charge >= 0.3 is 5.97 Å². The van der Waals surface area contributed by atoms with E-state index in [9.17, 15) is 14.4 Å². The van der Waals surface area contributed by atoms with Gasteiger partial charge in [0, 0.05) is 25.5 Å². The topological polar surface area (TPSA) is 85.6 Å². The zero-order chi connectivity index (χ0) is 17.4. The van der Waals surface area contributed by atoms with Crippen LogP contribution < -0.4 is 5.32 Å². The van der Waals surface area contributed by atoms with Crippen LogP contribution in [0.15, 0.2) is 47.1 Å². The zero-order valence-corrected chi connectivity index (χ0v) is 13.4. The van der Waals surface area contributed by atoms with E-state index in [1.807, 2.05) is 0 Å². The van der Waals surface area contributed by atoms with Crippen LogP contribution >= 0.6 is 0 Å². The molecular weight excluding hydrogens is 310 g/mol. The van der Waals surface area contributed by atoms with Gasteiger partial charge in [0.15, 0.2) is 12.4 Å². The number of hydrogen-bond acceptors (Lipinski definition) is 5. The Bertz CT molecular complexity index is 689. The van der Waals surface area contributed by atoms with E-state index in [0.29, 0.717) is 24.3 Å². The summed E-state index contributed by atoms with van der Waals surface area (Å²) in [6.07, 6.45) is 2.15. The van der Waals surface area contributed by atoms with Gasteiger partial charge in [0.2, 0.25) is 5.91 Å². The molecular formula is C18H19NO5. The lowest BCUT2D eigenvalue weighted by Crippen LogP contribution is -2.19. The van der Waals surface area contributed by atoms with Gasteiger partial charge in [-0.25, -0.2) is 0 Å². The summed E-state index contributed by atoms with van der Waals surface area (Å²) < 4.78 is 10.1. The fourth-order valence-corrected chi connectivity index (χ4v) is 2.02. The molecule has 0 radical (unpaired) electrons. The number of nitrogens with one attached hydrogen (secondary N) is 1. The van der Waals surface area contributed by atoms with Crippen LogP contribution in [0.4, 0.5) is 0 Å². The number of aryl methyl sites for hydroxylation is 1. The SMILES string of the molecule is CC(=O)NCc1ccc(C(=O)COC(=O)CCc2ccco2)cc1. The smallest absolute Gasteiger partial charge is 0.306 e. The molecule has 0 atom stereocenters. The Morgan fingerprint density at radius 2 is 1.88 bits per heavy atom. The van der Waals surface area contributed by atoms with Gasteiger partial charge in [0.25, 0.3) is 0 Å². The minimum absolute atomic E-state index is 0.114. The van der Waals surface area contributed by atoms with Gasteiger partial charge in [-0.1, -0.05) is 24.3 Å². The van der Waals surface area contributed by atoms with Crippen molar-refractivity contribution in [3.63, 3.8) is 0 Å². The molecule has 6 nitrogen and oxygen atoms in total. The summed E-state index contributed by atoms with van der Waals surface area (Å²) in [6, 6.07) is 10.3. The first-order valence-electron chi connectivity index (χ1n) is 7.59. The van der Waals surface area contributed by atoms with Crippen LogP contribution in [0.1, 0.15) is 35.0 Å². The lowest BCUT2D eigenvalue weighted by Gasteiger charge is -2.06. The maximum absolute atomic E-state index is 12.0. The second-order valence-electron chi connectivity index (χ2n) is 5.27. The molecule has 0 unspecified atom stereocenters. The molecule has 2 aromatic rings. The standard InChI is InChI=1S/C18H19NO5/c1-13(20)19-11-14-4-6-15(7-5-14)17(21)12-24-18(22)9-8-16-3-2-10-23-16/h2-7,10H,8-9,11-12H2,1H3,(H,19,20). The number of ketones is 1. The largest absolute Gasteiger partial charge is 0.469 e. The minimum Gasteiger partial charge on any atom is -0.469 e. The van der Waals surface area contributed by atoms with Crippen LogP contribution in [0.5, 0.6) is 0 Å². The third-order valence-corrected chi connectivity index (χ3v) is 3.34. The predicted molar refractivity (Wildman–Crippen MR) is 86.3 cm³/mol. The Morgan fingerprint density at radius 1 is 1.12 bits per heavy atom. The molecule has 1 heterocycles. The molecule has 0 spiro atoms. The van der Waals surface area contributed by atoms with Gasteiger partial charge in [-0.05, 0) is 17.7 Å². The third-order valence-electron chi connectivity index (χ3n) is 3.34. The van der Waals surface area contributed by atoms with Crippen LogP contribution in [0, 0.1) is 0 Å². The van der Waals surface area contributed by atoms with Crippen LogP contribution in [0.25, 0.3) is 0 Å². The Balaban J connectivity index is 1.75. The van der Waals surface area contributed by atoms with E-state index < -0.39 is 5.97 Å². The molecule has 1 aromatic heterocycles. The normalized spacial score (nSPS) is 10.2. The van der Waals surface area contributed by atoms with Crippen molar-refractivity contribution in [2.75, 3.05) is 6.61 Å². The molecule has 0 saturated carbocycles. The quantitative estimate of drug-likeness (QED) is 0.593. The highest BCUT2D eigenvalue weighted by Crippen LogP contribution is 2.07. The van der Waals surface area contributed by atoms with Crippen LogP contribution in [-0.2, 0) is 27.3 Å². The summed E-state index contributed by atoms with van der Waals surface area (Å²) in [6.45, 7) is 1.56. The zero-order valence-electron chi connectivity index (χ0n) is 13.4. The number of ether oxygens (including phenoxy) is 1. The number of amides is 1. The second-order valence-corrected chi connectivity index (χ2v) is 5.27. The molecule has 126 valence electrons. The molecule has 0 aliphatic carbocycles. The highest BCUT2D eigenvalue weighted by atomic mass is 16.5. The first kappa shape index (κ1) is 17.5. The second kappa shape index (κ2) is 8.67. The lowest BCUT2D eigenvalue weighted by molar-refractivity contribution is -0.142. The molecule has 1 amide bonds. The van der Waals surface area contributed by atoms with Crippen molar-refractivity contribution in [1.82, 2.24) is 5.32 Å². The molecule has 0 bridgehead atoms. The molecule has 0 fully saturated rings. The fourth-order valence-electron chi connectivity index (χ4n) is 2.02. The summed E-state index contributed by atoms with van der Waals surface area (Å²) in [5, 5.41) is 2.68. The number of hydrogen-bond donors (Lipinski definition) is 1. The molecule has 1 aromatic carbocycles. The molecule has 0 aliphatic rings. The number of esters is 1. The Morgan fingerprint density at radius 3 is 2.50 bits per heavy atom. The van der Waals surface area contributed by atoms with E-state index in [1.165, 1.54) is 6.92 Å². The van der Waals surface area contributed by atoms with Crippen molar-refractivity contribution < 1.29 is 23.5 Å². The predicted octanol–water partition coefficient (Wildman–Crippen LogP) is 2.27. The number of furan rings is 1. The van der Waals surface area contributed by atoms with Gasteiger partial charge in [0.1, 0.15) is 5.76 Å². The summed E-state index contributed by atoms with van der Waals surface area (Å²) in [5.74, 6) is -0.126. The molecule has 24 heavy (non-hydrogen) atoms. The van der Waals surface area contributed by atoms with E-state index in [-0.39, 0.29) is 24.7 Å². The first-order valence-corrected chi connectivity index (χ1v) is 7.59. The number of carbonyl (C=O) groups excluding carboxylic acids is 3. The number of rotatable bonds is 8. The van der Waals surface area contributed by atoms with Gasteiger partial charge in [-0.3, -0.25) is 14.4 Å². The third kappa shape index (κ3) is 5.72. The maximum Gasteiger partial charge on any atom is 0.306 e. The monoisotopic (exact) mass is 329 g/mol. The number of benzene rings is 1. The van der Waals surface area contributed by atoms with E-state index in [2.05, 4.69) is 5.32 Å². The highest BCUT2D eigenvalue weighted by molar-refractivity contribution is 5.97. The van der Waals surface area contributed by atoms with Gasteiger partial charge < -0.3 is 14.5 Å². The molecule has 6 heteroatoms. The first-order chi connectivity index (χ1) is 11.5. The van der Waals surface area contributed by atoms with Gasteiger partial charge in [0.05, 0.1) is 12.7 Å². The van der Waals surface area contributed by atoms with Crippen molar-refractivity contribution in [3.05, 3.63) is 59.5 Å². The summed E-state index contributed by atoms with van der Waals surface area (Å²) in [5.41, 5.74) is 1.35. The lowest BCUT2D eigenvalue weighted by atomic mass is 10.1. The summed E-state index contributed by atoms with van der Waals surface area (Å²) in [4.78, 5) is 34.5. The maximum atomic E-state index is 12.0. The van der Waals surface area contributed by atoms with E-state index in [0.717, 1.165) is 5.56 Å². The average Bonchev–Trinajstić information content (AvgIpc) is 3.10. The van der Waals surface area contributed by atoms with Crippen molar-refractivity contribution >= 4 is 17.7 Å². The van der Waals surface area contributed by atoms with E-state index in [1.54, 1.807) is 42.7 Å². The Labute approximate surface area is 139 Å². The Hall–Kier alpha value is -2.89. The minimum atomic E-state index is -0.443. The molecule has 0 aliphatic heterocycles. The molecule has 0 saturated heterocycles.